The van der Waals surface area contributed by atoms with Gasteiger partial charge in [0.05, 0.1) is 18.0 Å². The Morgan fingerprint density at radius 1 is 1.32 bits per heavy atom. The number of hydrogen-bond donors (Lipinski definition) is 1. The third kappa shape index (κ3) is 3.46. The molecule has 0 fully saturated rings. The molecular weight excluding hydrogens is 406 g/mol. The minimum absolute atomic E-state index is 0.0849. The van der Waals surface area contributed by atoms with Crippen molar-refractivity contribution in [3.05, 3.63) is 44.2 Å². The van der Waals surface area contributed by atoms with Gasteiger partial charge in [-0.2, -0.15) is 0 Å². The lowest BCUT2D eigenvalue weighted by atomic mass is 10.2. The van der Waals surface area contributed by atoms with Crippen LogP contribution in [-0.4, -0.2) is 20.9 Å². The molecule has 9 heteroatoms. The van der Waals surface area contributed by atoms with Gasteiger partial charge < -0.3 is 5.32 Å². The number of carbonyl (C=O) groups is 1. The molecule has 2 rings (SSSR count). The molecule has 0 spiro atoms. The van der Waals surface area contributed by atoms with Gasteiger partial charge in [-0.3, -0.25) is 4.79 Å². The molecular formula is C10H4Br2ClFN4O. The minimum Gasteiger partial charge on any atom is -0.304 e. The summed E-state index contributed by atoms with van der Waals surface area (Å²) in [6.07, 6.45) is 2.33. The molecule has 5 nitrogen and oxygen atoms in total. The Balaban J connectivity index is 2.28. The van der Waals surface area contributed by atoms with E-state index in [1.165, 1.54) is 6.20 Å². The summed E-state index contributed by atoms with van der Waals surface area (Å²) in [5, 5.41) is 2.35. The van der Waals surface area contributed by atoms with Crippen LogP contribution in [0.5, 0.6) is 0 Å². The summed E-state index contributed by atoms with van der Waals surface area (Å²) in [5.41, 5.74) is -0.0849. The van der Waals surface area contributed by atoms with Crippen molar-refractivity contribution in [1.82, 2.24) is 15.0 Å². The molecule has 2 aromatic rings. The quantitative estimate of drug-likeness (QED) is 0.771. The molecule has 2 heterocycles. The molecule has 0 aromatic carbocycles. The van der Waals surface area contributed by atoms with Crippen LogP contribution >= 0.6 is 43.5 Å². The average Bonchev–Trinajstić information content (AvgIpc) is 2.35. The highest BCUT2D eigenvalue weighted by Gasteiger charge is 2.15. The number of pyridine rings is 1. The number of halogens is 4. The van der Waals surface area contributed by atoms with Crippen LogP contribution in [-0.2, 0) is 0 Å². The first-order valence-corrected chi connectivity index (χ1v) is 6.74. The van der Waals surface area contributed by atoms with Gasteiger partial charge in [-0.1, -0.05) is 11.6 Å². The second-order valence-corrected chi connectivity index (χ2v) is 5.20. The summed E-state index contributed by atoms with van der Waals surface area (Å²) in [6, 6.07) is 0.991. The molecule has 0 aliphatic heterocycles. The van der Waals surface area contributed by atoms with Gasteiger partial charge in [-0.05, 0) is 37.9 Å². The summed E-state index contributed by atoms with van der Waals surface area (Å²) in [5.74, 6) is -1.10. The normalized spacial score (nSPS) is 10.3. The predicted octanol–water partition coefficient (Wildman–Crippen LogP) is 3.44. The van der Waals surface area contributed by atoms with E-state index in [-0.39, 0.29) is 16.5 Å². The third-order valence-corrected chi connectivity index (χ3v) is 3.22. The minimum atomic E-state index is -0.657. The number of nitrogens with one attached hydrogen (secondary N) is 1. The van der Waals surface area contributed by atoms with E-state index < -0.39 is 11.7 Å². The fraction of sp³-hybridized carbons (Fsp3) is 0. The molecule has 19 heavy (non-hydrogen) atoms. The predicted molar refractivity (Wildman–Crippen MR) is 74.6 cm³/mol. The Morgan fingerprint density at radius 2 is 2.05 bits per heavy atom. The maximum Gasteiger partial charge on any atom is 0.260 e. The first-order valence-electron chi connectivity index (χ1n) is 4.78. The van der Waals surface area contributed by atoms with Gasteiger partial charge in [0.2, 0.25) is 0 Å². The number of rotatable bonds is 2. The van der Waals surface area contributed by atoms with Crippen molar-refractivity contribution in [2.75, 3.05) is 5.32 Å². The Kier molecular flexibility index (Phi) is 4.43. The van der Waals surface area contributed by atoms with E-state index in [0.29, 0.717) is 9.21 Å². The molecule has 0 atom stereocenters. The van der Waals surface area contributed by atoms with Crippen LogP contribution in [0.1, 0.15) is 10.4 Å². The standard InChI is InChI=1S/C10H4Br2ClFN4O/c11-6-3-16-9(7(12)17-6)18-10(19)5-1-4(14)2-15-8(5)13/h1-3H,(H,16,18,19). The molecule has 0 radical (unpaired) electrons. The molecule has 0 unspecified atom stereocenters. The van der Waals surface area contributed by atoms with Gasteiger partial charge in [0, 0.05) is 0 Å². The van der Waals surface area contributed by atoms with Gasteiger partial charge in [0.15, 0.2) is 5.82 Å². The molecule has 0 bridgehead atoms. The fourth-order valence-electron chi connectivity index (χ4n) is 1.19. The zero-order chi connectivity index (χ0) is 14.0. The Morgan fingerprint density at radius 3 is 2.74 bits per heavy atom. The lowest BCUT2D eigenvalue weighted by Crippen LogP contribution is -2.15. The smallest absolute Gasteiger partial charge is 0.260 e. The van der Waals surface area contributed by atoms with Gasteiger partial charge in [0.1, 0.15) is 20.2 Å². The van der Waals surface area contributed by atoms with Gasteiger partial charge >= 0.3 is 0 Å². The number of anilines is 1. The van der Waals surface area contributed by atoms with E-state index in [1.54, 1.807) is 0 Å². The molecule has 1 N–H and O–H groups in total. The number of amides is 1. The Hall–Kier alpha value is -1.12. The SMILES string of the molecule is O=C(Nc1ncc(Br)nc1Br)c1cc(F)cnc1Cl. The summed E-state index contributed by atoms with van der Waals surface area (Å²) in [6.45, 7) is 0. The topological polar surface area (TPSA) is 67.8 Å². The van der Waals surface area contributed by atoms with Gasteiger partial charge in [-0.15, -0.1) is 0 Å². The number of hydrogen-bond acceptors (Lipinski definition) is 4. The van der Waals surface area contributed by atoms with Gasteiger partial charge in [-0.25, -0.2) is 19.3 Å². The van der Waals surface area contributed by atoms with Crippen LogP contribution in [0.25, 0.3) is 0 Å². The molecule has 0 aliphatic rings. The monoisotopic (exact) mass is 408 g/mol. The third-order valence-electron chi connectivity index (χ3n) is 1.98. The molecule has 1 amide bonds. The first kappa shape index (κ1) is 14.3. The summed E-state index contributed by atoms with van der Waals surface area (Å²) >= 11 is 12.0. The summed E-state index contributed by atoms with van der Waals surface area (Å²) in [4.78, 5) is 23.4. The largest absolute Gasteiger partial charge is 0.304 e. The van der Waals surface area contributed by atoms with E-state index in [2.05, 4.69) is 52.1 Å². The van der Waals surface area contributed by atoms with E-state index in [4.69, 9.17) is 11.6 Å². The second-order valence-electron chi connectivity index (χ2n) is 3.28. The fourth-order valence-corrected chi connectivity index (χ4v) is 2.29. The highest BCUT2D eigenvalue weighted by atomic mass is 79.9. The lowest BCUT2D eigenvalue weighted by molar-refractivity contribution is 0.102. The van der Waals surface area contributed by atoms with Crippen LogP contribution in [0.3, 0.4) is 0 Å². The van der Waals surface area contributed by atoms with Crippen molar-refractivity contribution in [3.8, 4) is 0 Å². The van der Waals surface area contributed by atoms with Crippen LogP contribution in [0, 0.1) is 5.82 Å². The van der Waals surface area contributed by atoms with Crippen molar-refractivity contribution < 1.29 is 9.18 Å². The van der Waals surface area contributed by atoms with Crippen LogP contribution in [0.4, 0.5) is 10.2 Å². The van der Waals surface area contributed by atoms with Gasteiger partial charge in [0.25, 0.3) is 5.91 Å². The number of carbonyl (C=O) groups excluding carboxylic acids is 1. The summed E-state index contributed by atoms with van der Waals surface area (Å²) < 4.78 is 13.9. The van der Waals surface area contributed by atoms with E-state index >= 15 is 0 Å². The maximum atomic E-state index is 13.0. The zero-order valence-corrected chi connectivity index (χ0v) is 12.9. The molecule has 0 saturated carbocycles. The second kappa shape index (κ2) is 5.89. The van der Waals surface area contributed by atoms with E-state index in [0.717, 1.165) is 12.3 Å². The molecule has 0 aliphatic carbocycles. The molecule has 98 valence electrons. The Bertz CT molecular complexity index is 655. The maximum absolute atomic E-state index is 13.0. The summed E-state index contributed by atoms with van der Waals surface area (Å²) in [7, 11) is 0. The van der Waals surface area contributed by atoms with Crippen LogP contribution in [0.15, 0.2) is 27.7 Å². The van der Waals surface area contributed by atoms with E-state index in [1.807, 2.05) is 0 Å². The van der Waals surface area contributed by atoms with Crippen LogP contribution in [0.2, 0.25) is 5.15 Å². The van der Waals surface area contributed by atoms with Crippen molar-refractivity contribution in [2.45, 2.75) is 0 Å². The van der Waals surface area contributed by atoms with E-state index in [9.17, 15) is 9.18 Å². The van der Waals surface area contributed by atoms with Crippen molar-refractivity contribution in [2.24, 2.45) is 0 Å². The van der Waals surface area contributed by atoms with Crippen molar-refractivity contribution in [1.29, 1.82) is 0 Å². The number of aromatic nitrogens is 3. The van der Waals surface area contributed by atoms with Crippen LogP contribution < -0.4 is 5.32 Å². The first-order chi connectivity index (χ1) is 8.97. The molecule has 0 saturated heterocycles. The molecule has 2 aromatic heterocycles. The highest BCUT2D eigenvalue weighted by Crippen LogP contribution is 2.21. The average molecular weight is 410 g/mol. The van der Waals surface area contributed by atoms with Crippen molar-refractivity contribution >= 4 is 55.2 Å². The highest BCUT2D eigenvalue weighted by molar-refractivity contribution is 9.11. The zero-order valence-electron chi connectivity index (χ0n) is 8.99. The lowest BCUT2D eigenvalue weighted by Gasteiger charge is -2.06. The Labute approximate surface area is 128 Å². The number of nitrogens with zero attached hydrogens (tertiary/aromatic N) is 3. The van der Waals surface area contributed by atoms with Crippen molar-refractivity contribution in [3.63, 3.8) is 0 Å².